The molecule has 0 aliphatic heterocycles. The van der Waals surface area contributed by atoms with Gasteiger partial charge in [-0.25, -0.2) is 16.0 Å². The third-order valence-corrected chi connectivity index (χ3v) is 1.73. The number of halogens is 1. The van der Waals surface area contributed by atoms with Crippen molar-refractivity contribution >= 4 is 18.3 Å². The van der Waals surface area contributed by atoms with Gasteiger partial charge in [-0.2, -0.15) is 0 Å². The van der Waals surface area contributed by atoms with E-state index in [1.165, 1.54) is 5.12 Å². The highest BCUT2D eigenvalue weighted by Crippen LogP contribution is 2.00. The van der Waals surface area contributed by atoms with Crippen molar-refractivity contribution in [2.75, 3.05) is 14.1 Å². The Kier molecular flexibility index (Phi) is 10.2. The highest BCUT2D eigenvalue weighted by atomic mass is 35.5. The summed E-state index contributed by atoms with van der Waals surface area (Å²) in [5, 5.41) is 1.35. The van der Waals surface area contributed by atoms with E-state index in [1.807, 2.05) is 13.0 Å². The van der Waals surface area contributed by atoms with Gasteiger partial charge in [0.2, 0.25) is 0 Å². The Balaban J connectivity index is 0. The minimum absolute atomic E-state index is 0. The zero-order valence-corrected chi connectivity index (χ0v) is 10.1. The molecule has 0 saturated carbocycles. The normalized spacial score (nSPS) is 10.7. The number of allylic oxidation sites excluding steroid dienone is 1. The minimum Gasteiger partial charge on any atom is -0.267 e. The van der Waals surface area contributed by atoms with E-state index in [0.717, 1.165) is 18.4 Å². The van der Waals surface area contributed by atoms with Crippen LogP contribution in [0.3, 0.4) is 0 Å². The first-order chi connectivity index (χ1) is 6.17. The molecule has 84 valence electrons. The summed E-state index contributed by atoms with van der Waals surface area (Å²) in [6, 6.07) is 0. The largest absolute Gasteiger partial charge is 0.278 e. The molecule has 0 aliphatic rings. The van der Waals surface area contributed by atoms with E-state index in [1.54, 1.807) is 14.1 Å². The van der Waals surface area contributed by atoms with Crippen molar-refractivity contribution in [2.24, 2.45) is 0 Å². The molecule has 0 spiro atoms. The van der Waals surface area contributed by atoms with Gasteiger partial charge >= 0.3 is 0 Å². The summed E-state index contributed by atoms with van der Waals surface area (Å²) in [7, 11) is 3.39. The van der Waals surface area contributed by atoms with E-state index in [-0.39, 0.29) is 18.3 Å². The number of hydrogen-bond donors (Lipinski definition) is 2. The van der Waals surface area contributed by atoms with E-state index < -0.39 is 0 Å². The highest BCUT2D eigenvalue weighted by Gasteiger charge is 2.10. The molecule has 2 N–H and O–H groups in total. The third kappa shape index (κ3) is 5.21. The van der Waals surface area contributed by atoms with Crippen molar-refractivity contribution in [3.05, 3.63) is 11.6 Å². The van der Waals surface area contributed by atoms with Crippen molar-refractivity contribution in [2.45, 2.75) is 26.7 Å². The zero-order chi connectivity index (χ0) is 10.3. The van der Waals surface area contributed by atoms with Crippen LogP contribution in [0, 0.1) is 0 Å². The molecule has 0 rings (SSSR count). The summed E-state index contributed by atoms with van der Waals surface area (Å²) >= 11 is 0. The molecule has 0 saturated heterocycles. The predicted octanol–water partition coefficient (Wildman–Crippen LogP) is 1.25. The van der Waals surface area contributed by atoms with Gasteiger partial charge in [0.1, 0.15) is 0 Å². The Morgan fingerprint density at radius 1 is 1.36 bits per heavy atom. The van der Waals surface area contributed by atoms with Crippen molar-refractivity contribution in [3.63, 3.8) is 0 Å². The first-order valence-corrected chi connectivity index (χ1v) is 4.53. The van der Waals surface area contributed by atoms with Crippen LogP contribution in [0.4, 0.5) is 0 Å². The monoisotopic (exact) mass is 221 g/mol. The molecule has 0 radical (unpaired) electrons. The molecule has 0 aromatic heterocycles. The maximum Gasteiger partial charge on any atom is 0.278 e. The maximum atomic E-state index is 11.5. The molecular weight excluding hydrogens is 202 g/mol. The second-order valence-corrected chi connectivity index (χ2v) is 2.76. The zero-order valence-electron chi connectivity index (χ0n) is 9.26. The Hall–Kier alpha value is -0.580. The van der Waals surface area contributed by atoms with Gasteiger partial charge in [0.25, 0.3) is 5.91 Å². The van der Waals surface area contributed by atoms with Gasteiger partial charge in [0.05, 0.1) is 0 Å². The van der Waals surface area contributed by atoms with Crippen LogP contribution in [0.1, 0.15) is 26.7 Å². The Morgan fingerprint density at radius 3 is 2.21 bits per heavy atom. The molecule has 0 aliphatic carbocycles. The van der Waals surface area contributed by atoms with Gasteiger partial charge < -0.3 is 0 Å². The molecule has 1 amide bonds. The second kappa shape index (κ2) is 8.99. The average molecular weight is 222 g/mol. The van der Waals surface area contributed by atoms with Crippen LogP contribution in [0.15, 0.2) is 11.6 Å². The fourth-order valence-corrected chi connectivity index (χ4v) is 0.939. The lowest BCUT2D eigenvalue weighted by Crippen LogP contribution is -2.48. The van der Waals surface area contributed by atoms with E-state index >= 15 is 0 Å². The van der Waals surface area contributed by atoms with Crippen LogP contribution in [-0.2, 0) is 4.79 Å². The average Bonchev–Trinajstić information content (AvgIpc) is 2.15. The summed E-state index contributed by atoms with van der Waals surface area (Å²) in [5.74, 6) is -0.0431. The Bertz CT molecular complexity index is 190. The smallest absolute Gasteiger partial charge is 0.267 e. The minimum atomic E-state index is -0.0431. The van der Waals surface area contributed by atoms with Gasteiger partial charge in [0, 0.05) is 19.7 Å². The molecule has 0 aromatic rings. The van der Waals surface area contributed by atoms with Crippen molar-refractivity contribution < 1.29 is 4.79 Å². The van der Waals surface area contributed by atoms with Crippen LogP contribution in [0.2, 0.25) is 0 Å². The topological polar surface area (TPSA) is 44.4 Å². The molecule has 0 unspecified atom stereocenters. The molecular formula is C9H20ClN3O. The highest BCUT2D eigenvalue weighted by molar-refractivity contribution is 5.92. The van der Waals surface area contributed by atoms with Crippen LogP contribution in [0.25, 0.3) is 0 Å². The molecule has 4 nitrogen and oxygen atoms in total. The van der Waals surface area contributed by atoms with E-state index in [2.05, 4.69) is 17.8 Å². The molecule has 14 heavy (non-hydrogen) atoms. The number of hydrogen-bond acceptors (Lipinski definition) is 3. The number of amides is 1. The quantitative estimate of drug-likeness (QED) is 0.543. The molecule has 5 heteroatoms. The number of unbranched alkanes of at least 4 members (excludes halogenated alkanes) is 1. The van der Waals surface area contributed by atoms with Gasteiger partial charge in [-0.1, -0.05) is 19.4 Å². The van der Waals surface area contributed by atoms with Gasteiger partial charge in [0.15, 0.2) is 0 Å². The number of nitrogens with one attached hydrogen (secondary N) is 2. The summed E-state index contributed by atoms with van der Waals surface area (Å²) in [6.07, 6.45) is 3.95. The van der Waals surface area contributed by atoms with E-state index in [9.17, 15) is 4.79 Å². The lowest BCUT2D eigenvalue weighted by atomic mass is 10.2. The molecule has 0 atom stereocenters. The van der Waals surface area contributed by atoms with E-state index in [0.29, 0.717) is 0 Å². The summed E-state index contributed by atoms with van der Waals surface area (Å²) < 4.78 is 0. The van der Waals surface area contributed by atoms with Crippen LogP contribution < -0.4 is 10.9 Å². The maximum absolute atomic E-state index is 11.5. The van der Waals surface area contributed by atoms with Crippen molar-refractivity contribution in [3.8, 4) is 0 Å². The Morgan fingerprint density at radius 2 is 1.86 bits per heavy atom. The fraction of sp³-hybridized carbons (Fsp3) is 0.667. The van der Waals surface area contributed by atoms with Crippen molar-refractivity contribution in [1.29, 1.82) is 0 Å². The Labute approximate surface area is 92.1 Å². The predicted molar refractivity (Wildman–Crippen MR) is 60.9 cm³/mol. The van der Waals surface area contributed by atoms with Crippen LogP contribution in [-0.4, -0.2) is 25.1 Å². The lowest BCUT2D eigenvalue weighted by Gasteiger charge is -2.19. The van der Waals surface area contributed by atoms with E-state index in [4.69, 9.17) is 0 Å². The van der Waals surface area contributed by atoms with Gasteiger partial charge in [-0.05, 0) is 13.3 Å². The van der Waals surface area contributed by atoms with Crippen LogP contribution >= 0.6 is 12.4 Å². The molecule has 0 heterocycles. The number of hydrazine groups is 2. The SMILES string of the molecule is CCCC=C(C)C(=O)N(NC)NC.Cl. The molecule has 0 fully saturated rings. The third-order valence-electron chi connectivity index (χ3n) is 1.73. The van der Waals surface area contributed by atoms with Gasteiger partial charge in [-0.15, -0.1) is 12.4 Å². The lowest BCUT2D eigenvalue weighted by molar-refractivity contribution is -0.132. The second-order valence-electron chi connectivity index (χ2n) is 2.76. The fourth-order valence-electron chi connectivity index (χ4n) is 0.939. The number of nitrogens with zero attached hydrogens (tertiary/aromatic N) is 1. The number of carbonyl (C=O) groups is 1. The van der Waals surface area contributed by atoms with Crippen LogP contribution in [0.5, 0.6) is 0 Å². The standard InChI is InChI=1S/C9H19N3O.ClH/c1-5-6-7-8(2)9(13)12(10-3)11-4;/h7,10-11H,5-6H2,1-4H3;1H. The number of rotatable bonds is 5. The summed E-state index contributed by atoms with van der Waals surface area (Å²) in [4.78, 5) is 11.5. The first-order valence-electron chi connectivity index (χ1n) is 4.53. The summed E-state index contributed by atoms with van der Waals surface area (Å²) in [5.41, 5.74) is 6.24. The molecule has 0 aromatic carbocycles. The number of carbonyl (C=O) groups excluding carboxylic acids is 1. The van der Waals surface area contributed by atoms with Crippen molar-refractivity contribution in [1.82, 2.24) is 16.0 Å². The summed E-state index contributed by atoms with van der Waals surface area (Å²) in [6.45, 7) is 3.90. The first kappa shape index (κ1) is 15.9. The van der Waals surface area contributed by atoms with Gasteiger partial charge in [-0.3, -0.25) is 4.79 Å². The molecule has 0 bridgehead atoms.